The summed E-state index contributed by atoms with van der Waals surface area (Å²) in [5.41, 5.74) is -0.149. The van der Waals surface area contributed by atoms with E-state index in [2.05, 4.69) is 9.97 Å². The minimum absolute atomic E-state index is 0.0181. The lowest BCUT2D eigenvalue weighted by atomic mass is 9.86. The van der Waals surface area contributed by atoms with Crippen molar-refractivity contribution in [1.29, 1.82) is 0 Å². The van der Waals surface area contributed by atoms with Crippen LogP contribution in [0, 0.1) is 5.41 Å². The molecule has 1 aromatic rings. The third-order valence-corrected chi connectivity index (χ3v) is 5.46. The maximum atomic E-state index is 12.7. The van der Waals surface area contributed by atoms with E-state index in [0.717, 1.165) is 0 Å². The van der Waals surface area contributed by atoms with Crippen LogP contribution in [-0.4, -0.2) is 59.9 Å². The van der Waals surface area contributed by atoms with Gasteiger partial charge in [-0.3, -0.25) is 4.79 Å². The van der Waals surface area contributed by atoms with E-state index in [4.69, 9.17) is 4.74 Å². The van der Waals surface area contributed by atoms with Crippen LogP contribution in [-0.2, 0) is 9.84 Å². The number of carbonyl (C=O) groups is 1. The molecule has 0 spiro atoms. The van der Waals surface area contributed by atoms with Crippen molar-refractivity contribution in [3.05, 3.63) is 18.1 Å². The van der Waals surface area contributed by atoms with E-state index >= 15 is 0 Å². The molecule has 0 bridgehead atoms. The van der Waals surface area contributed by atoms with Crippen molar-refractivity contribution >= 4 is 15.7 Å². The van der Waals surface area contributed by atoms with E-state index in [1.807, 2.05) is 27.7 Å². The molecule has 1 fully saturated rings. The lowest BCUT2D eigenvalue weighted by Crippen LogP contribution is -2.56. The van der Waals surface area contributed by atoms with Gasteiger partial charge in [-0.1, -0.05) is 20.8 Å². The predicted octanol–water partition coefficient (Wildman–Crippen LogP) is 1.16. The van der Waals surface area contributed by atoms with Crippen LogP contribution in [0.4, 0.5) is 0 Å². The normalized spacial score (nSPS) is 21.0. The van der Waals surface area contributed by atoms with Crippen molar-refractivity contribution in [2.24, 2.45) is 5.41 Å². The minimum Gasteiger partial charge on any atom is -0.477 e. The zero-order valence-electron chi connectivity index (χ0n) is 13.9. The van der Waals surface area contributed by atoms with Gasteiger partial charge in [0.05, 0.1) is 36.5 Å². The predicted molar refractivity (Wildman–Crippen MR) is 86.1 cm³/mol. The van der Waals surface area contributed by atoms with Crippen molar-refractivity contribution in [2.75, 3.05) is 24.7 Å². The molecule has 1 unspecified atom stereocenters. The molecule has 7 nitrogen and oxygen atoms in total. The van der Waals surface area contributed by atoms with Crippen molar-refractivity contribution in [3.63, 3.8) is 0 Å². The molecule has 0 N–H and O–H groups in total. The molecular weight excluding hydrogens is 318 g/mol. The summed E-state index contributed by atoms with van der Waals surface area (Å²) in [5, 5.41) is 0. The summed E-state index contributed by atoms with van der Waals surface area (Å²) in [4.78, 5) is 22.5. The van der Waals surface area contributed by atoms with E-state index < -0.39 is 9.84 Å². The van der Waals surface area contributed by atoms with E-state index in [1.54, 1.807) is 4.90 Å². The molecule has 0 radical (unpaired) electrons. The molecular formula is C15H23N3O4S. The highest BCUT2D eigenvalue weighted by atomic mass is 32.2. The Balaban J connectivity index is 2.25. The average molecular weight is 341 g/mol. The molecule has 128 valence electrons. The fraction of sp³-hybridized carbons (Fsp3) is 0.667. The Morgan fingerprint density at radius 3 is 2.57 bits per heavy atom. The second-order valence-electron chi connectivity index (χ2n) is 6.67. The molecule has 0 aromatic carbocycles. The number of aromatic nitrogens is 2. The van der Waals surface area contributed by atoms with E-state index in [0.29, 0.717) is 12.5 Å². The third-order valence-electron chi connectivity index (χ3n) is 3.83. The Bertz CT molecular complexity index is 665. The van der Waals surface area contributed by atoms with Crippen LogP contribution in [0.3, 0.4) is 0 Å². The highest BCUT2D eigenvalue weighted by Crippen LogP contribution is 2.29. The first-order chi connectivity index (χ1) is 10.6. The number of nitrogens with zero attached hydrogens (tertiary/aromatic N) is 3. The largest absolute Gasteiger partial charge is 0.477 e. The Morgan fingerprint density at radius 2 is 2.04 bits per heavy atom. The van der Waals surface area contributed by atoms with Gasteiger partial charge in [-0.15, -0.1) is 0 Å². The van der Waals surface area contributed by atoms with Gasteiger partial charge in [-0.05, 0) is 12.3 Å². The number of amides is 1. The smallest absolute Gasteiger partial charge is 0.274 e. The SMILES string of the molecule is CCOc1cnc(C(=O)N2CCS(=O)(=O)CC2C(C)(C)C)cn1. The summed E-state index contributed by atoms with van der Waals surface area (Å²) >= 11 is 0. The fourth-order valence-corrected chi connectivity index (χ4v) is 4.37. The zero-order valence-corrected chi connectivity index (χ0v) is 14.8. The Labute approximate surface area is 137 Å². The number of carbonyl (C=O) groups excluding carboxylic acids is 1. The van der Waals surface area contributed by atoms with Crippen LogP contribution in [0.1, 0.15) is 38.2 Å². The highest BCUT2D eigenvalue weighted by Gasteiger charge is 2.41. The first kappa shape index (κ1) is 17.7. The van der Waals surface area contributed by atoms with Crippen molar-refractivity contribution in [2.45, 2.75) is 33.7 Å². The van der Waals surface area contributed by atoms with Crippen molar-refractivity contribution in [1.82, 2.24) is 14.9 Å². The van der Waals surface area contributed by atoms with Gasteiger partial charge in [0.15, 0.2) is 9.84 Å². The number of rotatable bonds is 3. The van der Waals surface area contributed by atoms with E-state index in [-0.39, 0.29) is 41.1 Å². The van der Waals surface area contributed by atoms with Crippen LogP contribution < -0.4 is 4.74 Å². The Kier molecular flexibility index (Phi) is 4.93. The summed E-state index contributed by atoms with van der Waals surface area (Å²) in [6, 6.07) is -0.387. The quantitative estimate of drug-likeness (QED) is 0.819. The summed E-state index contributed by atoms with van der Waals surface area (Å²) in [6.45, 7) is 8.28. The molecule has 1 aliphatic rings. The molecule has 0 aliphatic carbocycles. The van der Waals surface area contributed by atoms with Gasteiger partial charge in [0.1, 0.15) is 5.69 Å². The minimum atomic E-state index is -3.13. The van der Waals surface area contributed by atoms with Crippen LogP contribution in [0.25, 0.3) is 0 Å². The van der Waals surface area contributed by atoms with E-state index in [1.165, 1.54) is 12.4 Å². The van der Waals surface area contributed by atoms with Crippen molar-refractivity contribution < 1.29 is 17.9 Å². The van der Waals surface area contributed by atoms with Gasteiger partial charge >= 0.3 is 0 Å². The zero-order chi connectivity index (χ0) is 17.3. The molecule has 0 saturated carbocycles. The maximum Gasteiger partial charge on any atom is 0.274 e. The van der Waals surface area contributed by atoms with Crippen LogP contribution in [0.2, 0.25) is 0 Å². The first-order valence-electron chi connectivity index (χ1n) is 7.60. The van der Waals surface area contributed by atoms with Crippen LogP contribution >= 0.6 is 0 Å². The van der Waals surface area contributed by atoms with Gasteiger partial charge < -0.3 is 9.64 Å². The molecule has 8 heteroatoms. The fourth-order valence-electron chi connectivity index (χ4n) is 2.56. The molecule has 1 aliphatic heterocycles. The Hall–Kier alpha value is -1.70. The van der Waals surface area contributed by atoms with Crippen LogP contribution in [0.15, 0.2) is 12.4 Å². The van der Waals surface area contributed by atoms with Gasteiger partial charge in [0.2, 0.25) is 5.88 Å². The summed E-state index contributed by atoms with van der Waals surface area (Å²) < 4.78 is 29.1. The first-order valence-corrected chi connectivity index (χ1v) is 9.42. The summed E-state index contributed by atoms with van der Waals surface area (Å²) in [5.74, 6) is 0.0238. The van der Waals surface area contributed by atoms with Gasteiger partial charge in [0.25, 0.3) is 5.91 Å². The summed E-state index contributed by atoms with van der Waals surface area (Å²) in [7, 11) is -3.13. The monoisotopic (exact) mass is 341 g/mol. The second kappa shape index (κ2) is 6.43. The van der Waals surface area contributed by atoms with Crippen LogP contribution in [0.5, 0.6) is 5.88 Å². The number of ether oxygens (including phenoxy) is 1. The molecule has 2 heterocycles. The number of hydrogen-bond donors (Lipinski definition) is 0. The van der Waals surface area contributed by atoms with E-state index in [9.17, 15) is 13.2 Å². The molecule has 1 aromatic heterocycles. The lowest BCUT2D eigenvalue weighted by Gasteiger charge is -2.42. The summed E-state index contributed by atoms with van der Waals surface area (Å²) in [6.07, 6.45) is 2.78. The topological polar surface area (TPSA) is 89.5 Å². The van der Waals surface area contributed by atoms with Crippen molar-refractivity contribution in [3.8, 4) is 5.88 Å². The Morgan fingerprint density at radius 1 is 1.35 bits per heavy atom. The highest BCUT2D eigenvalue weighted by molar-refractivity contribution is 7.91. The lowest BCUT2D eigenvalue weighted by molar-refractivity contribution is 0.0555. The van der Waals surface area contributed by atoms with Gasteiger partial charge in [-0.2, -0.15) is 0 Å². The van der Waals surface area contributed by atoms with Gasteiger partial charge in [-0.25, -0.2) is 18.4 Å². The van der Waals surface area contributed by atoms with Gasteiger partial charge in [0, 0.05) is 6.54 Å². The maximum absolute atomic E-state index is 12.7. The second-order valence-corrected chi connectivity index (χ2v) is 8.90. The molecule has 1 atom stereocenters. The number of hydrogen-bond acceptors (Lipinski definition) is 6. The molecule has 2 rings (SSSR count). The average Bonchev–Trinajstić information content (AvgIpc) is 2.46. The molecule has 1 saturated heterocycles. The third kappa shape index (κ3) is 4.19. The number of sulfone groups is 1. The molecule has 1 amide bonds. The standard InChI is InChI=1S/C15H23N3O4S/c1-5-22-13-9-16-11(8-17-13)14(19)18-6-7-23(20,21)10-12(18)15(2,3)4/h8-9,12H,5-7,10H2,1-4H3. The molecule has 23 heavy (non-hydrogen) atoms.